The summed E-state index contributed by atoms with van der Waals surface area (Å²) in [6.07, 6.45) is -3.19. The predicted molar refractivity (Wildman–Crippen MR) is 115 cm³/mol. The molecule has 1 heterocycles. The molecule has 2 N–H and O–H groups in total. The number of carbonyl (C=O) groups is 3. The van der Waals surface area contributed by atoms with Gasteiger partial charge < -0.3 is 15.2 Å². The molecular weight excluding hydrogens is 517 g/mol. The number of imide groups is 1. The van der Waals surface area contributed by atoms with E-state index in [1.165, 1.54) is 31.4 Å². The number of carbonyl (C=O) groups excluding carboxylic acids is 3. The highest BCUT2D eigenvalue weighted by atomic mass is 79.9. The van der Waals surface area contributed by atoms with E-state index in [0.29, 0.717) is 26.7 Å². The molecule has 3 amide bonds. The van der Waals surface area contributed by atoms with Gasteiger partial charge in [0.1, 0.15) is 6.54 Å². The van der Waals surface area contributed by atoms with Crippen LogP contribution in [0.5, 0.6) is 11.5 Å². The fraction of sp³-hybridized carbons (Fsp3) is 0.150. The number of hydrogen-bond donors (Lipinski definition) is 2. The quantitative estimate of drug-likeness (QED) is 0.536. The Kier molecular flexibility index (Phi) is 6.84. The molecule has 0 bridgehead atoms. The van der Waals surface area contributed by atoms with Gasteiger partial charge in [-0.25, -0.2) is 0 Å². The zero-order valence-electron chi connectivity index (χ0n) is 16.2. The van der Waals surface area contributed by atoms with Gasteiger partial charge >= 0.3 is 6.18 Å². The van der Waals surface area contributed by atoms with Gasteiger partial charge in [-0.2, -0.15) is 13.2 Å². The Hall–Kier alpha value is -2.99. The number of nitrogens with zero attached hydrogens (tertiary/aromatic N) is 1. The fourth-order valence-electron chi connectivity index (χ4n) is 2.73. The highest BCUT2D eigenvalue weighted by Gasteiger charge is 2.36. The largest absolute Gasteiger partial charge is 0.504 e. The molecule has 3 rings (SSSR count). The van der Waals surface area contributed by atoms with Crippen molar-refractivity contribution in [2.45, 2.75) is 6.18 Å². The van der Waals surface area contributed by atoms with E-state index in [-0.39, 0.29) is 22.1 Å². The van der Waals surface area contributed by atoms with Crippen LogP contribution in [0.4, 0.5) is 23.7 Å². The molecule has 2 aromatic carbocycles. The topological polar surface area (TPSA) is 95.9 Å². The van der Waals surface area contributed by atoms with Crippen LogP contribution in [-0.4, -0.2) is 40.7 Å². The van der Waals surface area contributed by atoms with E-state index in [4.69, 9.17) is 4.74 Å². The minimum Gasteiger partial charge on any atom is -0.504 e. The molecule has 0 radical (unpaired) electrons. The number of nitrogens with one attached hydrogen (secondary N) is 1. The summed E-state index contributed by atoms with van der Waals surface area (Å²) >= 11 is 3.84. The summed E-state index contributed by atoms with van der Waals surface area (Å²) < 4.78 is 43.9. The Morgan fingerprint density at radius 3 is 2.66 bits per heavy atom. The Labute approximate surface area is 192 Å². The number of amides is 3. The highest BCUT2D eigenvalue weighted by Crippen LogP contribution is 2.37. The summed E-state index contributed by atoms with van der Waals surface area (Å²) in [6, 6.07) is 6.81. The first-order valence-corrected chi connectivity index (χ1v) is 10.4. The molecule has 1 saturated heterocycles. The van der Waals surface area contributed by atoms with Crippen molar-refractivity contribution < 1.29 is 37.4 Å². The van der Waals surface area contributed by atoms with Crippen molar-refractivity contribution in [2.75, 3.05) is 19.0 Å². The molecule has 168 valence electrons. The molecule has 0 atom stereocenters. The maximum absolute atomic E-state index is 12.8. The monoisotopic (exact) mass is 530 g/mol. The second-order valence-electron chi connectivity index (χ2n) is 6.44. The fourth-order valence-corrected chi connectivity index (χ4v) is 4.00. The predicted octanol–water partition coefficient (Wildman–Crippen LogP) is 4.86. The lowest BCUT2D eigenvalue weighted by atomic mass is 10.2. The molecule has 1 aliphatic rings. The molecule has 0 aliphatic carbocycles. The number of ether oxygens (including phenoxy) is 1. The van der Waals surface area contributed by atoms with Crippen molar-refractivity contribution in [1.82, 2.24) is 4.90 Å². The number of phenolic OH excluding ortho intramolecular Hbond substituents is 1. The van der Waals surface area contributed by atoms with E-state index < -0.39 is 35.3 Å². The normalized spacial score (nSPS) is 15.4. The summed E-state index contributed by atoms with van der Waals surface area (Å²) in [7, 11) is 1.35. The van der Waals surface area contributed by atoms with E-state index in [2.05, 4.69) is 21.2 Å². The lowest BCUT2D eigenvalue weighted by Crippen LogP contribution is -2.36. The Morgan fingerprint density at radius 2 is 2.00 bits per heavy atom. The molecule has 0 saturated carbocycles. The number of methoxy groups -OCH3 is 1. The zero-order valence-corrected chi connectivity index (χ0v) is 18.6. The van der Waals surface area contributed by atoms with Crippen molar-refractivity contribution in [2.24, 2.45) is 0 Å². The Morgan fingerprint density at radius 1 is 1.28 bits per heavy atom. The van der Waals surface area contributed by atoms with Crippen molar-refractivity contribution in [3.63, 3.8) is 0 Å². The van der Waals surface area contributed by atoms with Crippen LogP contribution in [0.15, 0.2) is 45.8 Å². The molecular formula is C20H14BrF3N2O5S. The van der Waals surface area contributed by atoms with Gasteiger partial charge in [0, 0.05) is 10.2 Å². The highest BCUT2D eigenvalue weighted by molar-refractivity contribution is 9.10. The average Bonchev–Trinajstić information content (AvgIpc) is 2.97. The SMILES string of the molecule is COc1cc(/C=C2\SC(=O)N(CC(=O)Nc3cccc(C(F)(F)F)c3)C2=O)c(Br)cc1O. The number of rotatable bonds is 5. The first kappa shape index (κ1) is 23.7. The smallest absolute Gasteiger partial charge is 0.416 e. The number of benzene rings is 2. The lowest BCUT2D eigenvalue weighted by molar-refractivity contribution is -0.137. The van der Waals surface area contributed by atoms with E-state index >= 15 is 0 Å². The third kappa shape index (κ3) is 5.25. The van der Waals surface area contributed by atoms with Crippen molar-refractivity contribution in [3.8, 4) is 11.5 Å². The minimum absolute atomic E-state index is 0.0234. The van der Waals surface area contributed by atoms with Crippen LogP contribution >= 0.6 is 27.7 Å². The molecule has 32 heavy (non-hydrogen) atoms. The summed E-state index contributed by atoms with van der Waals surface area (Å²) in [6.45, 7) is -0.668. The Balaban J connectivity index is 1.74. The number of hydrogen-bond acceptors (Lipinski definition) is 6. The number of anilines is 1. The van der Waals surface area contributed by atoms with Crippen LogP contribution in [-0.2, 0) is 15.8 Å². The first-order valence-electron chi connectivity index (χ1n) is 8.78. The molecule has 2 aromatic rings. The summed E-state index contributed by atoms with van der Waals surface area (Å²) in [5, 5.41) is 11.3. The van der Waals surface area contributed by atoms with E-state index in [1.807, 2.05) is 0 Å². The summed E-state index contributed by atoms with van der Waals surface area (Å²) in [5.41, 5.74) is -0.620. The molecule has 7 nitrogen and oxygen atoms in total. The molecule has 1 aliphatic heterocycles. The third-order valence-electron chi connectivity index (χ3n) is 4.23. The van der Waals surface area contributed by atoms with Gasteiger partial charge in [-0.1, -0.05) is 22.0 Å². The minimum atomic E-state index is -4.58. The first-order chi connectivity index (χ1) is 15.0. The second kappa shape index (κ2) is 9.25. The van der Waals surface area contributed by atoms with Crippen molar-refractivity contribution >= 4 is 56.5 Å². The van der Waals surface area contributed by atoms with Gasteiger partial charge in [0.2, 0.25) is 5.91 Å². The molecule has 0 aromatic heterocycles. The van der Waals surface area contributed by atoms with Crippen LogP contribution in [0.3, 0.4) is 0 Å². The number of aromatic hydroxyl groups is 1. The van der Waals surface area contributed by atoms with Crippen LogP contribution in [0, 0.1) is 0 Å². The maximum atomic E-state index is 12.8. The van der Waals surface area contributed by atoms with Crippen LogP contribution in [0.25, 0.3) is 6.08 Å². The van der Waals surface area contributed by atoms with Gasteiger partial charge in [0.05, 0.1) is 17.6 Å². The molecule has 1 fully saturated rings. The van der Waals surface area contributed by atoms with Gasteiger partial charge in [-0.05, 0) is 53.7 Å². The van der Waals surface area contributed by atoms with Gasteiger partial charge in [0.15, 0.2) is 11.5 Å². The maximum Gasteiger partial charge on any atom is 0.416 e. The average molecular weight is 531 g/mol. The summed E-state index contributed by atoms with van der Waals surface area (Å²) in [4.78, 5) is 37.8. The van der Waals surface area contributed by atoms with Crippen LogP contribution in [0.1, 0.15) is 11.1 Å². The second-order valence-corrected chi connectivity index (χ2v) is 8.29. The van der Waals surface area contributed by atoms with Crippen LogP contribution in [0.2, 0.25) is 0 Å². The number of alkyl halides is 3. The number of halogens is 4. The third-order valence-corrected chi connectivity index (χ3v) is 5.83. The molecule has 0 unspecified atom stereocenters. The number of phenols is 1. The van der Waals surface area contributed by atoms with Gasteiger partial charge in [-0.3, -0.25) is 19.3 Å². The van der Waals surface area contributed by atoms with Gasteiger partial charge in [-0.15, -0.1) is 0 Å². The standard InChI is InChI=1S/C20H14BrF3N2O5S/c1-31-15-5-10(13(21)8-14(15)27)6-16-18(29)26(19(30)32-16)9-17(28)25-12-4-2-3-11(7-12)20(22,23)24/h2-8,27H,9H2,1H3,(H,25,28)/b16-6-. The number of thioether (sulfide) groups is 1. The zero-order chi connectivity index (χ0) is 23.6. The van der Waals surface area contributed by atoms with E-state index in [0.717, 1.165) is 18.2 Å². The van der Waals surface area contributed by atoms with E-state index in [9.17, 15) is 32.7 Å². The van der Waals surface area contributed by atoms with Crippen molar-refractivity contribution in [1.29, 1.82) is 0 Å². The van der Waals surface area contributed by atoms with Crippen molar-refractivity contribution in [3.05, 3.63) is 56.9 Å². The lowest BCUT2D eigenvalue weighted by Gasteiger charge is -2.13. The van der Waals surface area contributed by atoms with E-state index in [1.54, 1.807) is 0 Å². The Bertz CT molecular complexity index is 1140. The molecule has 12 heteroatoms. The van der Waals surface area contributed by atoms with Gasteiger partial charge in [0.25, 0.3) is 11.1 Å². The molecule has 0 spiro atoms. The summed E-state index contributed by atoms with van der Waals surface area (Å²) in [5.74, 6) is -1.55. The van der Waals surface area contributed by atoms with Crippen LogP contribution < -0.4 is 10.1 Å².